The lowest BCUT2D eigenvalue weighted by Gasteiger charge is -2.29. The topological polar surface area (TPSA) is 58.6 Å². The third kappa shape index (κ3) is 7.29. The summed E-state index contributed by atoms with van der Waals surface area (Å²) in [5.74, 6) is 0.706. The van der Waals surface area contributed by atoms with E-state index in [4.69, 9.17) is 16.3 Å². The number of carbonyl (C=O) groups is 2. The minimum atomic E-state index is -0.585. The number of methoxy groups -OCH3 is 1. The van der Waals surface area contributed by atoms with Gasteiger partial charge in [0.05, 0.1) is 12.9 Å². The van der Waals surface area contributed by atoms with Crippen LogP contribution in [0.4, 0.5) is 0 Å². The maximum absolute atomic E-state index is 13.0. The number of ether oxygens (including phenoxy) is 1. The highest BCUT2D eigenvalue weighted by molar-refractivity contribution is 8.00. The van der Waals surface area contributed by atoms with Crippen LogP contribution in [-0.4, -0.2) is 41.7 Å². The molecule has 1 atom stereocenters. The number of nitrogens with one attached hydrogen (secondary N) is 1. The van der Waals surface area contributed by atoms with Gasteiger partial charge in [-0.15, -0.1) is 11.8 Å². The summed E-state index contributed by atoms with van der Waals surface area (Å²) in [5.41, 5.74) is 0.930. The Balaban J connectivity index is 2.13. The van der Waals surface area contributed by atoms with E-state index in [1.807, 2.05) is 50.2 Å². The molecule has 0 aromatic heterocycles. The zero-order chi connectivity index (χ0) is 21.4. The van der Waals surface area contributed by atoms with Gasteiger partial charge in [0.25, 0.3) is 0 Å². The van der Waals surface area contributed by atoms with Crippen LogP contribution in [0.5, 0.6) is 5.75 Å². The second-order valence-corrected chi connectivity index (χ2v) is 8.44. The normalized spacial score (nSPS) is 11.8. The molecule has 156 valence electrons. The zero-order valence-corrected chi connectivity index (χ0v) is 18.7. The molecule has 0 radical (unpaired) electrons. The Bertz CT molecular complexity index is 810. The molecule has 1 N–H and O–H groups in total. The highest BCUT2D eigenvalue weighted by Gasteiger charge is 2.26. The molecular formula is C22H27ClN2O3S. The maximum Gasteiger partial charge on any atom is 0.242 e. The van der Waals surface area contributed by atoms with E-state index in [0.717, 1.165) is 16.2 Å². The fraction of sp³-hybridized carbons (Fsp3) is 0.364. The van der Waals surface area contributed by atoms with E-state index < -0.39 is 6.04 Å². The summed E-state index contributed by atoms with van der Waals surface area (Å²) in [7, 11) is 1.61. The van der Waals surface area contributed by atoms with Gasteiger partial charge in [0, 0.05) is 22.5 Å². The molecule has 0 fully saturated rings. The molecule has 0 saturated heterocycles. The summed E-state index contributed by atoms with van der Waals surface area (Å²) in [5, 5.41) is 3.54. The standard InChI is InChI=1S/C22H27ClN2O3S/c1-15(2)24-22(27)16(3)25(13-17-5-9-19(28-4)10-6-17)21(26)14-29-20-11-7-18(23)8-12-20/h5-12,15-16H,13-14H2,1-4H3,(H,24,27). The summed E-state index contributed by atoms with van der Waals surface area (Å²) >= 11 is 7.34. The van der Waals surface area contributed by atoms with E-state index >= 15 is 0 Å². The Morgan fingerprint density at radius 2 is 1.69 bits per heavy atom. The second-order valence-electron chi connectivity index (χ2n) is 6.95. The minimum Gasteiger partial charge on any atom is -0.497 e. The number of halogens is 1. The second kappa shape index (κ2) is 11.1. The Morgan fingerprint density at radius 1 is 1.07 bits per heavy atom. The zero-order valence-electron chi connectivity index (χ0n) is 17.1. The summed E-state index contributed by atoms with van der Waals surface area (Å²) in [6, 6.07) is 14.3. The fourth-order valence-electron chi connectivity index (χ4n) is 2.67. The molecule has 0 aliphatic carbocycles. The van der Waals surface area contributed by atoms with Gasteiger partial charge in [-0.05, 0) is 62.7 Å². The highest BCUT2D eigenvalue weighted by Crippen LogP contribution is 2.22. The Morgan fingerprint density at radius 3 is 2.24 bits per heavy atom. The van der Waals surface area contributed by atoms with E-state index in [9.17, 15) is 9.59 Å². The van der Waals surface area contributed by atoms with Gasteiger partial charge in [-0.2, -0.15) is 0 Å². The van der Waals surface area contributed by atoms with Crippen molar-refractivity contribution in [1.29, 1.82) is 0 Å². The molecule has 2 rings (SSSR count). The predicted octanol–water partition coefficient (Wildman–Crippen LogP) is 4.38. The Kier molecular flexibility index (Phi) is 8.86. The van der Waals surface area contributed by atoms with E-state index in [1.165, 1.54) is 11.8 Å². The molecule has 0 heterocycles. The van der Waals surface area contributed by atoms with Crippen LogP contribution in [0.3, 0.4) is 0 Å². The van der Waals surface area contributed by atoms with Crippen LogP contribution < -0.4 is 10.1 Å². The molecule has 2 amide bonds. The molecule has 7 heteroatoms. The largest absolute Gasteiger partial charge is 0.497 e. The first-order chi connectivity index (χ1) is 13.8. The van der Waals surface area contributed by atoms with Crippen molar-refractivity contribution < 1.29 is 14.3 Å². The molecule has 5 nitrogen and oxygen atoms in total. The van der Waals surface area contributed by atoms with Gasteiger partial charge in [-0.25, -0.2) is 0 Å². The van der Waals surface area contributed by atoms with Crippen molar-refractivity contribution in [3.8, 4) is 5.75 Å². The summed E-state index contributed by atoms with van der Waals surface area (Å²) in [6.07, 6.45) is 0. The van der Waals surface area contributed by atoms with Crippen molar-refractivity contribution in [2.75, 3.05) is 12.9 Å². The Labute approximate surface area is 181 Å². The van der Waals surface area contributed by atoms with Gasteiger partial charge < -0.3 is 15.0 Å². The maximum atomic E-state index is 13.0. The van der Waals surface area contributed by atoms with Crippen LogP contribution in [0.1, 0.15) is 26.3 Å². The van der Waals surface area contributed by atoms with Crippen LogP contribution in [-0.2, 0) is 16.1 Å². The number of carbonyl (C=O) groups excluding carboxylic acids is 2. The number of benzene rings is 2. The van der Waals surface area contributed by atoms with Crippen LogP contribution >= 0.6 is 23.4 Å². The lowest BCUT2D eigenvalue weighted by Crippen LogP contribution is -2.49. The van der Waals surface area contributed by atoms with E-state index in [1.54, 1.807) is 31.1 Å². The number of hydrogen-bond acceptors (Lipinski definition) is 4. The third-order valence-electron chi connectivity index (χ3n) is 4.29. The molecular weight excluding hydrogens is 408 g/mol. The molecule has 0 aliphatic heterocycles. The highest BCUT2D eigenvalue weighted by atomic mass is 35.5. The summed E-state index contributed by atoms with van der Waals surface area (Å²) in [6.45, 7) is 5.90. The number of thioether (sulfide) groups is 1. The van der Waals surface area contributed by atoms with Crippen LogP contribution in [0.15, 0.2) is 53.4 Å². The first-order valence-electron chi connectivity index (χ1n) is 9.41. The van der Waals surface area contributed by atoms with Crippen molar-refractivity contribution in [2.45, 2.75) is 44.3 Å². The first-order valence-corrected chi connectivity index (χ1v) is 10.8. The molecule has 1 unspecified atom stereocenters. The summed E-state index contributed by atoms with van der Waals surface area (Å²) < 4.78 is 5.19. The molecule has 0 aliphatic rings. The summed E-state index contributed by atoms with van der Waals surface area (Å²) in [4.78, 5) is 28.1. The van der Waals surface area contributed by atoms with Gasteiger partial charge in [0.2, 0.25) is 11.8 Å². The predicted molar refractivity (Wildman–Crippen MR) is 118 cm³/mol. The average Bonchev–Trinajstić information content (AvgIpc) is 2.70. The number of hydrogen-bond donors (Lipinski definition) is 1. The van der Waals surface area contributed by atoms with Gasteiger partial charge >= 0.3 is 0 Å². The molecule has 29 heavy (non-hydrogen) atoms. The molecule has 0 spiro atoms. The first kappa shape index (κ1) is 23.1. The molecule has 0 saturated carbocycles. The van der Waals surface area contributed by atoms with Crippen molar-refractivity contribution in [1.82, 2.24) is 10.2 Å². The van der Waals surface area contributed by atoms with Crippen LogP contribution in [0.25, 0.3) is 0 Å². The van der Waals surface area contributed by atoms with Crippen LogP contribution in [0.2, 0.25) is 5.02 Å². The van der Waals surface area contributed by atoms with Crippen molar-refractivity contribution in [2.24, 2.45) is 0 Å². The SMILES string of the molecule is COc1ccc(CN(C(=O)CSc2ccc(Cl)cc2)C(C)C(=O)NC(C)C)cc1. The lowest BCUT2D eigenvalue weighted by atomic mass is 10.1. The van der Waals surface area contributed by atoms with Crippen molar-refractivity contribution in [3.05, 3.63) is 59.1 Å². The number of amides is 2. The van der Waals surface area contributed by atoms with Crippen LogP contribution in [0, 0.1) is 0 Å². The quantitative estimate of drug-likeness (QED) is 0.595. The monoisotopic (exact) mass is 434 g/mol. The molecule has 2 aromatic rings. The lowest BCUT2D eigenvalue weighted by molar-refractivity contribution is -0.138. The van der Waals surface area contributed by atoms with E-state index in [0.29, 0.717) is 11.6 Å². The number of rotatable bonds is 9. The van der Waals surface area contributed by atoms with E-state index in [-0.39, 0.29) is 23.6 Å². The Hall–Kier alpha value is -2.18. The average molecular weight is 435 g/mol. The molecule has 0 bridgehead atoms. The van der Waals surface area contributed by atoms with Gasteiger partial charge in [0.15, 0.2) is 0 Å². The third-order valence-corrected chi connectivity index (χ3v) is 5.53. The minimum absolute atomic E-state index is 0.00586. The van der Waals surface area contributed by atoms with Gasteiger partial charge in [-0.1, -0.05) is 23.7 Å². The van der Waals surface area contributed by atoms with Gasteiger partial charge in [-0.3, -0.25) is 9.59 Å². The molecule has 2 aromatic carbocycles. The van der Waals surface area contributed by atoms with E-state index in [2.05, 4.69) is 5.32 Å². The fourth-order valence-corrected chi connectivity index (χ4v) is 3.58. The smallest absolute Gasteiger partial charge is 0.242 e. The van der Waals surface area contributed by atoms with Crippen molar-refractivity contribution >= 4 is 35.2 Å². The van der Waals surface area contributed by atoms with Gasteiger partial charge in [0.1, 0.15) is 11.8 Å². The number of nitrogens with zero attached hydrogens (tertiary/aromatic N) is 1. The van der Waals surface area contributed by atoms with Crippen molar-refractivity contribution in [3.63, 3.8) is 0 Å².